The third kappa shape index (κ3) is 3.58. The highest BCUT2D eigenvalue weighted by molar-refractivity contribution is 5.93. The second-order valence-corrected chi connectivity index (χ2v) is 8.30. The summed E-state index contributed by atoms with van der Waals surface area (Å²) < 4.78 is 7.28. The van der Waals surface area contributed by atoms with E-state index in [2.05, 4.69) is 25.6 Å². The van der Waals surface area contributed by atoms with Crippen molar-refractivity contribution in [2.75, 3.05) is 5.32 Å². The van der Waals surface area contributed by atoms with Gasteiger partial charge in [-0.3, -0.25) is 10.1 Å². The lowest BCUT2D eigenvalue weighted by molar-refractivity contribution is -0.126. The molecular formula is C18H24N6O3. The second kappa shape index (κ2) is 6.47. The first-order chi connectivity index (χ1) is 12.8. The number of carbonyl (C=O) groups is 2. The van der Waals surface area contributed by atoms with E-state index in [4.69, 9.17) is 4.74 Å². The Morgan fingerprint density at radius 2 is 2.11 bits per heavy atom. The first-order valence-electron chi connectivity index (χ1n) is 9.27. The molecule has 1 aliphatic heterocycles. The predicted molar refractivity (Wildman–Crippen MR) is 98.1 cm³/mol. The molecule has 9 nitrogen and oxygen atoms in total. The Balaban J connectivity index is 1.61. The highest BCUT2D eigenvalue weighted by Crippen LogP contribution is 2.38. The Labute approximate surface area is 156 Å². The standard InChI is InChI=1S/C18H24N6O3/c1-18(2,3)27-17(26)23-15-14-16(20-8-19-15)24(9-21-14)12-5-4-10-6-11(12)22-13(25)7-10/h8-12H,4-7H2,1-3H3,(H,22,25)(H,19,20,23,26)/t10-,11-,12-/m1/s1. The van der Waals surface area contributed by atoms with Gasteiger partial charge in [-0.15, -0.1) is 0 Å². The van der Waals surface area contributed by atoms with Gasteiger partial charge in [0.25, 0.3) is 0 Å². The number of hydrogen-bond acceptors (Lipinski definition) is 6. The fourth-order valence-corrected chi connectivity index (χ4v) is 4.03. The van der Waals surface area contributed by atoms with Gasteiger partial charge in [0.15, 0.2) is 17.0 Å². The molecule has 2 amide bonds. The Kier molecular flexibility index (Phi) is 4.24. The summed E-state index contributed by atoms with van der Waals surface area (Å²) in [6.07, 6.45) is 6.10. The summed E-state index contributed by atoms with van der Waals surface area (Å²) in [6, 6.07) is 0.180. The molecule has 3 heterocycles. The zero-order valence-corrected chi connectivity index (χ0v) is 15.7. The van der Waals surface area contributed by atoms with Crippen LogP contribution in [0.3, 0.4) is 0 Å². The molecule has 4 rings (SSSR count). The van der Waals surface area contributed by atoms with Crippen LogP contribution in [0.15, 0.2) is 12.7 Å². The van der Waals surface area contributed by atoms with E-state index in [-0.39, 0.29) is 18.0 Å². The van der Waals surface area contributed by atoms with Crippen molar-refractivity contribution in [2.24, 2.45) is 5.92 Å². The van der Waals surface area contributed by atoms with Crippen LogP contribution in [0.5, 0.6) is 0 Å². The van der Waals surface area contributed by atoms with Crippen molar-refractivity contribution in [3.63, 3.8) is 0 Å². The molecule has 1 aliphatic carbocycles. The number of imidazole rings is 1. The van der Waals surface area contributed by atoms with Gasteiger partial charge in [-0.1, -0.05) is 0 Å². The zero-order chi connectivity index (χ0) is 19.2. The number of anilines is 1. The molecular weight excluding hydrogens is 348 g/mol. The average Bonchev–Trinajstić information content (AvgIpc) is 2.98. The van der Waals surface area contributed by atoms with Crippen LogP contribution in [-0.4, -0.2) is 43.2 Å². The molecule has 3 atom stereocenters. The number of ether oxygens (including phenoxy) is 1. The molecule has 0 unspecified atom stereocenters. The topological polar surface area (TPSA) is 111 Å². The minimum Gasteiger partial charge on any atom is -0.444 e. The number of rotatable bonds is 2. The van der Waals surface area contributed by atoms with Gasteiger partial charge in [0, 0.05) is 12.5 Å². The van der Waals surface area contributed by atoms with Crippen LogP contribution < -0.4 is 10.6 Å². The normalized spacial score (nSPS) is 25.1. The smallest absolute Gasteiger partial charge is 0.413 e. The Bertz CT molecular complexity index is 887. The minimum absolute atomic E-state index is 0.0830. The van der Waals surface area contributed by atoms with E-state index in [0.29, 0.717) is 29.3 Å². The molecule has 0 radical (unpaired) electrons. The Morgan fingerprint density at radius 1 is 1.30 bits per heavy atom. The van der Waals surface area contributed by atoms with Gasteiger partial charge in [-0.25, -0.2) is 19.7 Å². The van der Waals surface area contributed by atoms with E-state index in [0.717, 1.165) is 19.3 Å². The monoisotopic (exact) mass is 372 g/mol. The number of amides is 2. The third-order valence-electron chi connectivity index (χ3n) is 5.08. The van der Waals surface area contributed by atoms with Crippen LogP contribution in [0.2, 0.25) is 0 Å². The lowest BCUT2D eigenvalue weighted by atomic mass is 9.77. The molecule has 0 aromatic carbocycles. The van der Waals surface area contributed by atoms with Crippen molar-refractivity contribution in [1.82, 2.24) is 24.8 Å². The van der Waals surface area contributed by atoms with Crippen molar-refractivity contribution >= 4 is 29.0 Å². The molecule has 144 valence electrons. The van der Waals surface area contributed by atoms with Crippen LogP contribution in [0.4, 0.5) is 10.6 Å². The van der Waals surface area contributed by atoms with E-state index < -0.39 is 11.7 Å². The van der Waals surface area contributed by atoms with Gasteiger partial charge < -0.3 is 14.6 Å². The SMILES string of the molecule is CC(C)(C)OC(=O)Nc1ncnc2c1ncn2[C@@H]1CC[C@H]2CC(=O)N[C@@H]1C2. The van der Waals surface area contributed by atoms with Gasteiger partial charge in [0.05, 0.1) is 12.4 Å². The lowest BCUT2D eigenvalue weighted by Gasteiger charge is -2.40. The summed E-state index contributed by atoms with van der Waals surface area (Å²) in [5, 5.41) is 5.75. The van der Waals surface area contributed by atoms with E-state index in [1.807, 2.05) is 4.57 Å². The third-order valence-corrected chi connectivity index (χ3v) is 5.08. The summed E-state index contributed by atoms with van der Waals surface area (Å²) in [4.78, 5) is 36.9. The molecule has 1 saturated heterocycles. The van der Waals surface area contributed by atoms with Crippen LogP contribution in [0, 0.1) is 5.92 Å². The lowest BCUT2D eigenvalue weighted by Crippen LogP contribution is -2.49. The number of piperidine rings is 1. The van der Waals surface area contributed by atoms with Crippen molar-refractivity contribution in [3.05, 3.63) is 12.7 Å². The maximum absolute atomic E-state index is 12.1. The largest absolute Gasteiger partial charge is 0.444 e. The summed E-state index contributed by atoms with van der Waals surface area (Å²) >= 11 is 0. The first-order valence-corrected chi connectivity index (χ1v) is 9.27. The highest BCUT2D eigenvalue weighted by Gasteiger charge is 2.38. The summed E-state index contributed by atoms with van der Waals surface area (Å²) in [5.41, 5.74) is 0.542. The van der Waals surface area contributed by atoms with Gasteiger partial charge in [0.1, 0.15) is 11.9 Å². The molecule has 27 heavy (non-hydrogen) atoms. The molecule has 2 aromatic rings. The fraction of sp³-hybridized carbons (Fsp3) is 0.611. The minimum atomic E-state index is -0.604. The molecule has 0 spiro atoms. The molecule has 2 aliphatic rings. The van der Waals surface area contributed by atoms with Crippen LogP contribution >= 0.6 is 0 Å². The highest BCUT2D eigenvalue weighted by atomic mass is 16.6. The van der Waals surface area contributed by atoms with Crippen molar-refractivity contribution in [2.45, 2.75) is 64.1 Å². The van der Waals surface area contributed by atoms with E-state index >= 15 is 0 Å². The Morgan fingerprint density at radius 3 is 2.89 bits per heavy atom. The Hall–Kier alpha value is -2.71. The molecule has 2 fully saturated rings. The second-order valence-electron chi connectivity index (χ2n) is 8.30. The van der Waals surface area contributed by atoms with Gasteiger partial charge in [0.2, 0.25) is 5.91 Å². The quantitative estimate of drug-likeness (QED) is 0.837. The van der Waals surface area contributed by atoms with Crippen molar-refractivity contribution in [1.29, 1.82) is 0 Å². The number of fused-ring (bicyclic) bond motifs is 3. The summed E-state index contributed by atoms with van der Waals surface area (Å²) in [5.74, 6) is 0.899. The van der Waals surface area contributed by atoms with Crippen molar-refractivity contribution in [3.8, 4) is 0 Å². The number of hydrogen-bond donors (Lipinski definition) is 2. The van der Waals surface area contributed by atoms with Gasteiger partial charge in [-0.05, 0) is 46.0 Å². The molecule has 2 N–H and O–H groups in total. The molecule has 2 bridgehead atoms. The number of nitrogens with zero attached hydrogens (tertiary/aromatic N) is 4. The van der Waals surface area contributed by atoms with E-state index in [1.54, 1.807) is 27.1 Å². The van der Waals surface area contributed by atoms with Crippen LogP contribution in [-0.2, 0) is 9.53 Å². The van der Waals surface area contributed by atoms with Crippen molar-refractivity contribution < 1.29 is 14.3 Å². The van der Waals surface area contributed by atoms with E-state index in [9.17, 15) is 9.59 Å². The molecule has 1 saturated carbocycles. The van der Waals surface area contributed by atoms with Gasteiger partial charge >= 0.3 is 6.09 Å². The number of aromatic nitrogens is 4. The average molecular weight is 372 g/mol. The summed E-state index contributed by atoms with van der Waals surface area (Å²) in [7, 11) is 0. The maximum atomic E-state index is 12.1. The van der Waals surface area contributed by atoms with Crippen LogP contribution in [0.25, 0.3) is 11.2 Å². The van der Waals surface area contributed by atoms with E-state index in [1.165, 1.54) is 6.33 Å². The number of nitrogens with one attached hydrogen (secondary N) is 2. The first kappa shape index (κ1) is 17.7. The zero-order valence-electron chi connectivity index (χ0n) is 15.7. The molecule has 2 aromatic heterocycles. The van der Waals surface area contributed by atoms with Gasteiger partial charge in [-0.2, -0.15) is 0 Å². The number of carbonyl (C=O) groups excluding carboxylic acids is 2. The van der Waals surface area contributed by atoms with Crippen LogP contribution in [0.1, 0.15) is 52.5 Å². The fourth-order valence-electron chi connectivity index (χ4n) is 4.03. The summed E-state index contributed by atoms with van der Waals surface area (Å²) in [6.45, 7) is 5.39. The predicted octanol–water partition coefficient (Wildman–Crippen LogP) is 2.40. The maximum Gasteiger partial charge on any atom is 0.413 e. The molecule has 9 heteroatoms.